The minimum atomic E-state index is 0.545. The summed E-state index contributed by atoms with van der Waals surface area (Å²) < 4.78 is 1.84. The first-order chi connectivity index (χ1) is 10.9. The molecule has 22 heavy (non-hydrogen) atoms. The zero-order chi connectivity index (χ0) is 14.9. The number of rotatable bonds is 2. The molecule has 4 aromatic rings. The number of benzene rings is 1. The topological polar surface area (TPSA) is 83.2 Å². The zero-order valence-electron chi connectivity index (χ0n) is 11.4. The molecular formula is C16H10N6. The van der Waals surface area contributed by atoms with E-state index in [0.29, 0.717) is 22.6 Å². The van der Waals surface area contributed by atoms with Crippen LogP contribution in [0.2, 0.25) is 0 Å². The lowest BCUT2D eigenvalue weighted by Gasteiger charge is -2.03. The first kappa shape index (κ1) is 12.3. The molecule has 3 aromatic heterocycles. The summed E-state index contributed by atoms with van der Waals surface area (Å²) in [4.78, 5) is 15.7. The second-order valence-corrected chi connectivity index (χ2v) is 4.75. The van der Waals surface area contributed by atoms with E-state index < -0.39 is 0 Å². The SMILES string of the molecule is N#Cc1cc(-c2ncnc3[nH]cnc23)cn1-c1ccccc1. The van der Waals surface area contributed by atoms with Gasteiger partial charge < -0.3 is 9.55 Å². The summed E-state index contributed by atoms with van der Waals surface area (Å²) in [5.74, 6) is 0. The zero-order valence-corrected chi connectivity index (χ0v) is 11.4. The molecule has 6 nitrogen and oxygen atoms in total. The van der Waals surface area contributed by atoms with Crippen LogP contribution in [0, 0.1) is 11.3 Å². The predicted molar refractivity (Wildman–Crippen MR) is 81.2 cm³/mol. The van der Waals surface area contributed by atoms with Crippen LogP contribution < -0.4 is 0 Å². The molecule has 0 bridgehead atoms. The summed E-state index contributed by atoms with van der Waals surface area (Å²) in [6, 6.07) is 13.7. The second kappa shape index (κ2) is 4.82. The number of hydrogen-bond donors (Lipinski definition) is 1. The van der Waals surface area contributed by atoms with Gasteiger partial charge in [0.1, 0.15) is 29.3 Å². The molecule has 104 valence electrons. The van der Waals surface area contributed by atoms with Gasteiger partial charge in [-0.05, 0) is 18.2 Å². The van der Waals surface area contributed by atoms with Crippen molar-refractivity contribution in [3.05, 3.63) is 60.9 Å². The fourth-order valence-corrected chi connectivity index (χ4v) is 2.46. The average Bonchev–Trinajstić information content (AvgIpc) is 3.22. The Morgan fingerprint density at radius 3 is 2.77 bits per heavy atom. The molecule has 0 fully saturated rings. The molecule has 0 spiro atoms. The molecule has 0 saturated heterocycles. The molecule has 0 radical (unpaired) electrons. The summed E-state index contributed by atoms with van der Waals surface area (Å²) in [6.07, 6.45) is 4.97. The minimum absolute atomic E-state index is 0.545. The summed E-state index contributed by atoms with van der Waals surface area (Å²) in [6.45, 7) is 0. The van der Waals surface area contributed by atoms with Crippen molar-refractivity contribution in [2.24, 2.45) is 0 Å². The first-order valence-corrected chi connectivity index (χ1v) is 6.69. The lowest BCUT2D eigenvalue weighted by Crippen LogP contribution is -1.94. The standard InChI is InChI=1S/C16H10N6/c17-7-13-6-11(8-22(13)12-4-2-1-3-5-12)14-15-16(20-9-18-14)21-10-19-15/h1-6,8-10H,(H,18,19,20,21). The highest BCUT2D eigenvalue weighted by atomic mass is 15.0. The van der Waals surface area contributed by atoms with Gasteiger partial charge in [-0.3, -0.25) is 0 Å². The second-order valence-electron chi connectivity index (χ2n) is 4.75. The largest absolute Gasteiger partial charge is 0.329 e. The van der Waals surface area contributed by atoms with Gasteiger partial charge in [-0.1, -0.05) is 18.2 Å². The first-order valence-electron chi connectivity index (χ1n) is 6.69. The number of nitrogens with one attached hydrogen (secondary N) is 1. The van der Waals surface area contributed by atoms with E-state index in [9.17, 15) is 5.26 Å². The highest BCUT2D eigenvalue weighted by Gasteiger charge is 2.13. The van der Waals surface area contributed by atoms with E-state index in [1.54, 1.807) is 6.33 Å². The minimum Gasteiger partial charge on any atom is -0.329 e. The Kier molecular flexibility index (Phi) is 2.70. The van der Waals surface area contributed by atoms with Crippen molar-refractivity contribution in [2.75, 3.05) is 0 Å². The molecule has 0 amide bonds. The smallest absolute Gasteiger partial charge is 0.161 e. The Bertz CT molecular complexity index is 990. The predicted octanol–water partition coefficient (Wildman–Crippen LogP) is 2.68. The molecule has 0 aliphatic carbocycles. The van der Waals surface area contributed by atoms with E-state index >= 15 is 0 Å². The van der Waals surface area contributed by atoms with Gasteiger partial charge in [-0.2, -0.15) is 5.26 Å². The molecule has 0 unspecified atom stereocenters. The molecule has 4 rings (SSSR count). The average molecular weight is 286 g/mol. The molecule has 0 atom stereocenters. The number of hydrogen-bond acceptors (Lipinski definition) is 4. The van der Waals surface area contributed by atoms with E-state index in [1.807, 2.05) is 47.2 Å². The van der Waals surface area contributed by atoms with E-state index in [0.717, 1.165) is 11.3 Å². The Balaban J connectivity index is 1.93. The van der Waals surface area contributed by atoms with Crippen molar-refractivity contribution in [2.45, 2.75) is 0 Å². The van der Waals surface area contributed by atoms with Crippen molar-refractivity contribution in [1.82, 2.24) is 24.5 Å². The Labute approximate surface area is 125 Å². The van der Waals surface area contributed by atoms with Crippen LogP contribution >= 0.6 is 0 Å². The van der Waals surface area contributed by atoms with Gasteiger partial charge in [-0.25, -0.2) is 15.0 Å². The summed E-state index contributed by atoms with van der Waals surface area (Å²) in [7, 11) is 0. The van der Waals surface area contributed by atoms with Crippen LogP contribution in [0.4, 0.5) is 0 Å². The van der Waals surface area contributed by atoms with Crippen LogP contribution in [0.3, 0.4) is 0 Å². The normalized spacial score (nSPS) is 10.7. The van der Waals surface area contributed by atoms with Crippen molar-refractivity contribution >= 4 is 11.2 Å². The van der Waals surface area contributed by atoms with E-state index in [2.05, 4.69) is 26.0 Å². The fraction of sp³-hybridized carbons (Fsp3) is 0. The quantitative estimate of drug-likeness (QED) is 0.614. The van der Waals surface area contributed by atoms with Gasteiger partial charge in [0.25, 0.3) is 0 Å². The molecule has 1 N–H and O–H groups in total. The van der Waals surface area contributed by atoms with Crippen LogP contribution in [0.15, 0.2) is 55.2 Å². The summed E-state index contributed by atoms with van der Waals surface area (Å²) in [5, 5.41) is 9.39. The van der Waals surface area contributed by atoms with Crippen LogP contribution in [-0.4, -0.2) is 24.5 Å². The van der Waals surface area contributed by atoms with E-state index in [-0.39, 0.29) is 0 Å². The van der Waals surface area contributed by atoms with Gasteiger partial charge >= 0.3 is 0 Å². The number of H-pyrrole nitrogens is 1. The van der Waals surface area contributed by atoms with Gasteiger partial charge in [0.05, 0.1) is 6.33 Å². The van der Waals surface area contributed by atoms with Gasteiger partial charge in [0.2, 0.25) is 0 Å². The van der Waals surface area contributed by atoms with Crippen LogP contribution in [0.25, 0.3) is 28.1 Å². The summed E-state index contributed by atoms with van der Waals surface area (Å²) in [5.41, 5.74) is 4.38. The maximum absolute atomic E-state index is 9.39. The van der Waals surface area contributed by atoms with E-state index in [1.165, 1.54) is 6.33 Å². The highest BCUT2D eigenvalue weighted by molar-refractivity contribution is 5.86. The van der Waals surface area contributed by atoms with Gasteiger partial charge in [0.15, 0.2) is 5.65 Å². The molecule has 6 heteroatoms. The fourth-order valence-electron chi connectivity index (χ4n) is 2.46. The van der Waals surface area contributed by atoms with Gasteiger partial charge in [0, 0.05) is 17.4 Å². The van der Waals surface area contributed by atoms with Crippen molar-refractivity contribution in [1.29, 1.82) is 5.26 Å². The molecular weight excluding hydrogens is 276 g/mol. The van der Waals surface area contributed by atoms with Crippen molar-refractivity contribution < 1.29 is 0 Å². The van der Waals surface area contributed by atoms with E-state index in [4.69, 9.17) is 0 Å². The van der Waals surface area contributed by atoms with Crippen LogP contribution in [0.1, 0.15) is 5.69 Å². The number of imidazole rings is 1. The van der Waals surface area contributed by atoms with Crippen molar-refractivity contribution in [3.8, 4) is 23.0 Å². The maximum Gasteiger partial charge on any atom is 0.161 e. The number of nitriles is 1. The number of nitrogens with zero attached hydrogens (tertiary/aromatic N) is 5. The molecule has 1 aromatic carbocycles. The third-order valence-electron chi connectivity index (χ3n) is 3.46. The maximum atomic E-state index is 9.39. The third-order valence-corrected chi connectivity index (χ3v) is 3.46. The van der Waals surface area contributed by atoms with Gasteiger partial charge in [-0.15, -0.1) is 0 Å². The highest BCUT2D eigenvalue weighted by Crippen LogP contribution is 2.26. The molecule has 0 aliphatic heterocycles. The van der Waals surface area contributed by atoms with Crippen molar-refractivity contribution in [3.63, 3.8) is 0 Å². The Hall–Kier alpha value is -3.46. The summed E-state index contributed by atoms with van der Waals surface area (Å²) >= 11 is 0. The number of aromatic nitrogens is 5. The molecule has 0 aliphatic rings. The Morgan fingerprint density at radius 1 is 1.09 bits per heavy atom. The number of fused-ring (bicyclic) bond motifs is 1. The van der Waals surface area contributed by atoms with Crippen LogP contribution in [-0.2, 0) is 0 Å². The molecule has 0 saturated carbocycles. The third kappa shape index (κ3) is 1.84. The lowest BCUT2D eigenvalue weighted by molar-refractivity contribution is 1.05. The number of aromatic amines is 1. The lowest BCUT2D eigenvalue weighted by atomic mass is 10.2. The molecule has 3 heterocycles. The van der Waals surface area contributed by atoms with Crippen LogP contribution in [0.5, 0.6) is 0 Å². The monoisotopic (exact) mass is 286 g/mol. The Morgan fingerprint density at radius 2 is 1.95 bits per heavy atom. The number of para-hydroxylation sites is 1.